The summed E-state index contributed by atoms with van der Waals surface area (Å²) >= 11 is 7.17. The number of anilines is 1. The Labute approximate surface area is 215 Å². The molecule has 1 amide bonds. The van der Waals surface area contributed by atoms with E-state index in [1.165, 1.54) is 15.9 Å². The number of thiazole rings is 1. The van der Waals surface area contributed by atoms with E-state index in [1.807, 2.05) is 60.7 Å². The van der Waals surface area contributed by atoms with E-state index in [9.17, 15) is 14.9 Å². The molecule has 4 aromatic rings. The number of nitrogens with zero attached hydrogens (tertiary/aromatic N) is 2. The quantitative estimate of drug-likeness (QED) is 0.438. The van der Waals surface area contributed by atoms with Gasteiger partial charge in [0.2, 0.25) is 0 Å². The van der Waals surface area contributed by atoms with Crippen molar-refractivity contribution in [1.82, 2.24) is 4.57 Å². The van der Waals surface area contributed by atoms with Crippen LogP contribution in [0.3, 0.4) is 0 Å². The van der Waals surface area contributed by atoms with Gasteiger partial charge in [-0.05, 0) is 41.5 Å². The van der Waals surface area contributed by atoms with Gasteiger partial charge in [-0.3, -0.25) is 14.2 Å². The van der Waals surface area contributed by atoms with Gasteiger partial charge in [0.05, 0.1) is 27.7 Å². The van der Waals surface area contributed by atoms with Gasteiger partial charge < -0.3 is 11.1 Å². The first kappa shape index (κ1) is 23.4. The number of aromatic nitrogens is 1. The number of benzene rings is 3. The van der Waals surface area contributed by atoms with Gasteiger partial charge in [-0.15, -0.1) is 11.3 Å². The molecule has 1 aromatic heterocycles. The molecule has 176 valence electrons. The number of amides is 1. The monoisotopic (exact) mass is 510 g/mol. The summed E-state index contributed by atoms with van der Waals surface area (Å²) in [6, 6.07) is 27.5. The third-order valence-corrected chi connectivity index (χ3v) is 7.21. The molecular formula is C28H19ClN4O2S. The number of carbonyl (C=O) groups is 1. The average molecular weight is 511 g/mol. The lowest BCUT2D eigenvalue weighted by molar-refractivity contribution is -0.111. The first-order valence-corrected chi connectivity index (χ1v) is 12.2. The van der Waals surface area contributed by atoms with Crippen LogP contribution in [0.5, 0.6) is 0 Å². The van der Waals surface area contributed by atoms with E-state index in [4.69, 9.17) is 17.3 Å². The molecule has 8 heteroatoms. The summed E-state index contributed by atoms with van der Waals surface area (Å²) in [4.78, 5) is 27.2. The van der Waals surface area contributed by atoms with Crippen molar-refractivity contribution >= 4 is 52.0 Å². The first-order chi connectivity index (χ1) is 17.5. The number of fused-ring (bicyclic) bond motifs is 1. The van der Waals surface area contributed by atoms with Crippen molar-refractivity contribution < 1.29 is 4.79 Å². The molecule has 0 saturated heterocycles. The van der Waals surface area contributed by atoms with Crippen LogP contribution in [0, 0.1) is 11.3 Å². The number of nitrogens with one attached hydrogen (secondary N) is 1. The first-order valence-electron chi connectivity index (χ1n) is 11.0. The molecule has 3 N–H and O–H groups in total. The maximum atomic E-state index is 13.8. The predicted octanol–water partition coefficient (Wildman–Crippen LogP) is 3.63. The van der Waals surface area contributed by atoms with Crippen molar-refractivity contribution in [3.05, 3.63) is 126 Å². The largest absolute Gasteiger partial charge is 0.384 e. The van der Waals surface area contributed by atoms with Gasteiger partial charge in [-0.25, -0.2) is 0 Å². The molecule has 0 saturated carbocycles. The molecule has 1 unspecified atom stereocenters. The Hall–Kier alpha value is -4.38. The van der Waals surface area contributed by atoms with Gasteiger partial charge in [0.15, 0.2) is 0 Å². The highest BCUT2D eigenvalue weighted by molar-refractivity contribution is 7.07. The number of allylic oxidation sites excluding steroid dienone is 1. The molecule has 0 bridgehead atoms. The van der Waals surface area contributed by atoms with E-state index in [0.717, 1.165) is 11.1 Å². The topological polar surface area (TPSA) is 101 Å². The highest BCUT2D eigenvalue weighted by Gasteiger charge is 2.35. The molecule has 6 nitrogen and oxygen atoms in total. The number of nitriles is 1. The fourth-order valence-corrected chi connectivity index (χ4v) is 5.48. The maximum Gasteiger partial charge on any atom is 0.274 e. The van der Waals surface area contributed by atoms with E-state index in [-0.39, 0.29) is 22.5 Å². The molecule has 0 radical (unpaired) electrons. The van der Waals surface area contributed by atoms with Crippen molar-refractivity contribution in [3.8, 4) is 6.07 Å². The molecule has 1 aliphatic rings. The molecule has 1 atom stereocenters. The Morgan fingerprint density at radius 3 is 2.31 bits per heavy atom. The zero-order chi connectivity index (χ0) is 25.2. The second kappa shape index (κ2) is 9.70. The van der Waals surface area contributed by atoms with Crippen LogP contribution in [0.1, 0.15) is 17.0 Å². The average Bonchev–Trinajstić information content (AvgIpc) is 3.22. The summed E-state index contributed by atoms with van der Waals surface area (Å²) in [5.74, 6) is -1.16. The summed E-state index contributed by atoms with van der Waals surface area (Å²) in [5.41, 5.74) is 8.55. The number of carbonyl (C=O) groups excluding carboxylic acids is 1. The maximum absolute atomic E-state index is 13.8. The molecule has 0 fully saturated rings. The second-order valence-corrected chi connectivity index (χ2v) is 9.56. The standard InChI is InChI=1S/C28H19ClN4O2S/c29-19-11-13-20(14-12-19)32-26(34)24-23(18-9-5-2-6-10-18)21(16-30)25(31)33-27(35)22(36-28(24)33)15-17-7-3-1-4-8-17/h1-15,23H,31H2,(H,32,34)/b22-15-. The van der Waals surface area contributed by atoms with Gasteiger partial charge in [0.25, 0.3) is 11.5 Å². The number of rotatable bonds is 4. The minimum Gasteiger partial charge on any atom is -0.384 e. The second-order valence-electron chi connectivity index (χ2n) is 8.10. The van der Waals surface area contributed by atoms with E-state index in [1.54, 1.807) is 30.3 Å². The van der Waals surface area contributed by atoms with Crippen LogP contribution in [0.4, 0.5) is 5.69 Å². The lowest BCUT2D eigenvalue weighted by atomic mass is 9.83. The lowest BCUT2D eigenvalue weighted by Gasteiger charge is -2.25. The smallest absolute Gasteiger partial charge is 0.274 e. The van der Waals surface area contributed by atoms with Crippen LogP contribution in [0.25, 0.3) is 17.5 Å². The van der Waals surface area contributed by atoms with E-state index >= 15 is 0 Å². The van der Waals surface area contributed by atoms with Gasteiger partial charge >= 0.3 is 0 Å². The fourth-order valence-electron chi connectivity index (χ4n) is 4.18. The predicted molar refractivity (Wildman–Crippen MR) is 144 cm³/mol. The Bertz CT molecular complexity index is 1710. The molecular weight excluding hydrogens is 492 g/mol. The van der Waals surface area contributed by atoms with Crippen LogP contribution in [0.2, 0.25) is 5.02 Å². The van der Waals surface area contributed by atoms with Crippen LogP contribution >= 0.6 is 22.9 Å². The summed E-state index contributed by atoms with van der Waals surface area (Å²) in [7, 11) is 0. The molecule has 0 spiro atoms. The number of hydrogen-bond donors (Lipinski definition) is 2. The van der Waals surface area contributed by atoms with Gasteiger partial charge in [0.1, 0.15) is 10.5 Å². The van der Waals surface area contributed by atoms with Crippen molar-refractivity contribution in [3.63, 3.8) is 0 Å². The zero-order valence-corrected chi connectivity index (χ0v) is 20.4. The van der Waals surface area contributed by atoms with Crippen molar-refractivity contribution in [2.24, 2.45) is 5.73 Å². The fraction of sp³-hybridized carbons (Fsp3) is 0.0357. The van der Waals surface area contributed by atoms with Crippen molar-refractivity contribution in [1.29, 1.82) is 5.26 Å². The molecule has 5 rings (SSSR count). The molecule has 36 heavy (non-hydrogen) atoms. The third kappa shape index (κ3) is 4.24. The van der Waals surface area contributed by atoms with Gasteiger partial charge in [-0.2, -0.15) is 5.26 Å². The highest BCUT2D eigenvalue weighted by Crippen LogP contribution is 2.36. The lowest BCUT2D eigenvalue weighted by Crippen LogP contribution is -2.40. The van der Waals surface area contributed by atoms with Crippen LogP contribution in [-0.2, 0) is 4.79 Å². The van der Waals surface area contributed by atoms with Crippen LogP contribution < -0.4 is 25.8 Å². The molecule has 1 aliphatic heterocycles. The normalized spacial score (nSPS) is 15.4. The molecule has 2 heterocycles. The van der Waals surface area contributed by atoms with Gasteiger partial charge in [-0.1, -0.05) is 72.3 Å². The highest BCUT2D eigenvalue weighted by atomic mass is 35.5. The van der Waals surface area contributed by atoms with E-state index in [2.05, 4.69) is 11.4 Å². The third-order valence-electron chi connectivity index (χ3n) is 5.85. The summed E-state index contributed by atoms with van der Waals surface area (Å²) < 4.78 is 2.06. The Kier molecular flexibility index (Phi) is 6.30. The SMILES string of the molecule is N#CC1=C(N)n2c(s/c(=C\c3ccccc3)c2=O)=C(C(=O)Nc2ccc(Cl)cc2)C1c1ccccc1. The van der Waals surface area contributed by atoms with E-state index < -0.39 is 11.8 Å². The summed E-state index contributed by atoms with van der Waals surface area (Å²) in [6.07, 6.45) is 1.75. The van der Waals surface area contributed by atoms with Crippen LogP contribution in [0.15, 0.2) is 95.3 Å². The molecule has 0 aliphatic carbocycles. The number of hydrogen-bond acceptors (Lipinski definition) is 5. The van der Waals surface area contributed by atoms with Crippen molar-refractivity contribution in [2.45, 2.75) is 5.92 Å². The minimum atomic E-state index is -0.744. The minimum absolute atomic E-state index is 0.0263. The van der Waals surface area contributed by atoms with Crippen molar-refractivity contribution in [2.75, 3.05) is 5.32 Å². The summed E-state index contributed by atoms with van der Waals surface area (Å²) in [5, 5.41) is 13.5. The zero-order valence-electron chi connectivity index (χ0n) is 18.8. The Balaban J connectivity index is 1.80. The number of halogens is 1. The van der Waals surface area contributed by atoms with Gasteiger partial charge in [0, 0.05) is 10.7 Å². The summed E-state index contributed by atoms with van der Waals surface area (Å²) in [6.45, 7) is 0. The molecule has 3 aromatic carbocycles. The van der Waals surface area contributed by atoms with E-state index in [0.29, 0.717) is 19.9 Å². The Morgan fingerprint density at radius 1 is 1.03 bits per heavy atom. The Morgan fingerprint density at radius 2 is 1.67 bits per heavy atom. The number of nitrogens with two attached hydrogens (primary N) is 1. The van der Waals surface area contributed by atoms with Crippen LogP contribution in [-0.4, -0.2) is 10.5 Å².